The number of amides is 1. The second-order valence-corrected chi connectivity index (χ2v) is 12.5. The van der Waals surface area contributed by atoms with E-state index in [1.165, 1.54) is 0 Å². The summed E-state index contributed by atoms with van der Waals surface area (Å²) in [7, 11) is -0.813. The maximum Gasteiger partial charge on any atom is 0.246 e. The fraction of sp³-hybridized carbons (Fsp3) is 0.548. The summed E-state index contributed by atoms with van der Waals surface area (Å²) in [4.78, 5) is 22.1. The molecule has 1 amide bonds. The van der Waals surface area contributed by atoms with Gasteiger partial charge in [-0.1, -0.05) is 45.9 Å². The largest absolute Gasteiger partial charge is 0.497 e. The number of rotatable bonds is 15. The summed E-state index contributed by atoms with van der Waals surface area (Å²) in [6.45, 7) is 14.1. The standard InChI is InChI=1S/C29H44N6O3S.C2H6/c1-7-30-27-25(16-22-9-12-23(15-22)29(36)31-8-2)34-26(18-33-39(6,37)19-20(3)4)35-28(27)32-17-21-10-13-24(38-5)14-11-21;1-2/h10-11,13-15,20,22,30H,6-9,12,16-19H2,1-5H3,(H,31,36)(H,33,37)(H,32,34,35);1-2H3. The van der Waals surface area contributed by atoms with E-state index in [0.29, 0.717) is 43.5 Å². The van der Waals surface area contributed by atoms with Crippen LogP contribution in [0.3, 0.4) is 0 Å². The highest BCUT2D eigenvalue weighted by atomic mass is 32.2. The Morgan fingerprint density at radius 3 is 2.41 bits per heavy atom. The third-order valence-corrected chi connectivity index (χ3v) is 8.28. The van der Waals surface area contributed by atoms with E-state index in [2.05, 4.69) is 32.6 Å². The smallest absolute Gasteiger partial charge is 0.246 e. The quantitative estimate of drug-likeness (QED) is 0.218. The molecule has 0 spiro atoms. The van der Waals surface area contributed by atoms with Gasteiger partial charge in [-0.25, -0.2) is 14.7 Å². The lowest BCUT2D eigenvalue weighted by Gasteiger charge is -2.20. The molecular weight excluding hydrogens is 536 g/mol. The van der Waals surface area contributed by atoms with Crippen LogP contribution in [0.4, 0.5) is 11.5 Å². The molecule has 41 heavy (non-hydrogen) atoms. The van der Waals surface area contributed by atoms with Gasteiger partial charge in [-0.05, 0) is 68.5 Å². The van der Waals surface area contributed by atoms with Gasteiger partial charge in [0, 0.05) is 40.7 Å². The topological polar surface area (TPSA) is 117 Å². The summed E-state index contributed by atoms with van der Waals surface area (Å²) in [6, 6.07) is 7.89. The maximum absolute atomic E-state index is 12.9. The average Bonchev–Trinajstić information content (AvgIpc) is 3.42. The predicted octanol–water partition coefficient (Wildman–Crippen LogP) is 4.95. The fourth-order valence-corrected chi connectivity index (χ4v) is 6.25. The van der Waals surface area contributed by atoms with E-state index in [9.17, 15) is 9.00 Å². The second kappa shape index (κ2) is 17.0. The molecule has 0 saturated carbocycles. The Morgan fingerprint density at radius 1 is 1.10 bits per heavy atom. The zero-order valence-corrected chi connectivity index (χ0v) is 26.7. The van der Waals surface area contributed by atoms with Gasteiger partial charge >= 0.3 is 0 Å². The van der Waals surface area contributed by atoms with E-state index in [1.54, 1.807) is 7.11 Å². The maximum atomic E-state index is 12.9. The third kappa shape index (κ3) is 11.0. The molecule has 2 unspecified atom stereocenters. The van der Waals surface area contributed by atoms with Crippen molar-refractivity contribution in [2.45, 2.75) is 73.9 Å². The van der Waals surface area contributed by atoms with Crippen molar-refractivity contribution in [2.24, 2.45) is 11.8 Å². The highest BCUT2D eigenvalue weighted by Gasteiger charge is 2.24. The van der Waals surface area contributed by atoms with Crippen molar-refractivity contribution < 1.29 is 13.7 Å². The lowest BCUT2D eigenvalue weighted by Crippen LogP contribution is -2.29. The van der Waals surface area contributed by atoms with Gasteiger partial charge in [-0.15, -0.1) is 0 Å². The average molecular weight is 587 g/mol. The molecule has 9 nitrogen and oxygen atoms in total. The molecule has 0 bridgehead atoms. The normalized spacial score (nSPS) is 15.8. The zero-order chi connectivity index (χ0) is 30.4. The molecule has 0 saturated heterocycles. The molecule has 0 fully saturated rings. The molecular formula is C31H50N6O3S. The van der Waals surface area contributed by atoms with Crippen LogP contribution in [0.25, 0.3) is 0 Å². The second-order valence-electron chi connectivity index (χ2n) is 10.3. The number of hydrogen-bond donors (Lipinski definition) is 4. The molecule has 1 aromatic heterocycles. The summed E-state index contributed by atoms with van der Waals surface area (Å²) in [5, 5.41) is 9.84. The van der Waals surface area contributed by atoms with Crippen molar-refractivity contribution in [3.63, 3.8) is 0 Å². The molecule has 4 N–H and O–H groups in total. The van der Waals surface area contributed by atoms with Crippen molar-refractivity contribution in [1.82, 2.24) is 20.0 Å². The summed E-state index contributed by atoms with van der Waals surface area (Å²) >= 11 is 0. The monoisotopic (exact) mass is 586 g/mol. The van der Waals surface area contributed by atoms with Crippen LogP contribution in [0.2, 0.25) is 0 Å². The Morgan fingerprint density at radius 2 is 1.80 bits per heavy atom. The van der Waals surface area contributed by atoms with E-state index in [0.717, 1.165) is 41.1 Å². The van der Waals surface area contributed by atoms with Crippen LogP contribution < -0.4 is 25.4 Å². The van der Waals surface area contributed by atoms with Gasteiger partial charge in [-0.2, -0.15) is 0 Å². The number of anilines is 2. The summed E-state index contributed by atoms with van der Waals surface area (Å²) in [5.41, 5.74) is 3.65. The van der Waals surface area contributed by atoms with Crippen molar-refractivity contribution in [1.29, 1.82) is 0 Å². The third-order valence-electron chi connectivity index (χ3n) is 6.40. The molecule has 228 valence electrons. The lowest BCUT2D eigenvalue weighted by molar-refractivity contribution is -0.117. The number of carbonyl (C=O) groups is 1. The zero-order valence-electron chi connectivity index (χ0n) is 25.9. The molecule has 1 aliphatic rings. The number of carbonyl (C=O) groups excluding carboxylic acids is 1. The number of nitrogens with zero attached hydrogens (tertiary/aromatic N) is 2. The van der Waals surface area contributed by atoms with Crippen molar-refractivity contribution in [3.8, 4) is 5.75 Å². The Bertz CT molecular complexity index is 1240. The van der Waals surface area contributed by atoms with Crippen LogP contribution in [-0.4, -0.2) is 51.9 Å². The fourth-order valence-electron chi connectivity index (χ4n) is 4.66. The molecule has 1 aromatic carbocycles. The van der Waals surface area contributed by atoms with Gasteiger partial charge in [-0.3, -0.25) is 9.00 Å². The van der Waals surface area contributed by atoms with Crippen LogP contribution >= 0.6 is 0 Å². The highest BCUT2D eigenvalue weighted by Crippen LogP contribution is 2.32. The minimum Gasteiger partial charge on any atom is -0.497 e. The number of nitrogens with one attached hydrogen (secondary N) is 4. The minimum atomic E-state index is -2.46. The van der Waals surface area contributed by atoms with Crippen molar-refractivity contribution >= 4 is 33.0 Å². The number of aromatic nitrogens is 2. The lowest BCUT2D eigenvalue weighted by atomic mass is 10.0. The van der Waals surface area contributed by atoms with Crippen LogP contribution in [0.15, 0.2) is 35.9 Å². The first-order valence-corrected chi connectivity index (χ1v) is 16.6. The molecule has 1 aliphatic carbocycles. The number of methoxy groups -OCH3 is 1. The molecule has 3 rings (SSSR count). The number of ether oxygens (including phenoxy) is 1. The van der Waals surface area contributed by atoms with Gasteiger partial charge in [0.25, 0.3) is 0 Å². The molecule has 2 atom stereocenters. The predicted molar refractivity (Wildman–Crippen MR) is 173 cm³/mol. The summed E-state index contributed by atoms with van der Waals surface area (Å²) in [5.74, 6) is 6.90. The Balaban J connectivity index is 0.00000287. The first kappa shape index (κ1) is 34.1. The van der Waals surface area contributed by atoms with Crippen molar-refractivity contribution in [3.05, 3.63) is 53.0 Å². The molecule has 1 heterocycles. The van der Waals surface area contributed by atoms with Gasteiger partial charge in [0.2, 0.25) is 5.91 Å². The van der Waals surface area contributed by atoms with Crippen LogP contribution in [0.1, 0.15) is 71.5 Å². The van der Waals surface area contributed by atoms with E-state index in [1.807, 2.05) is 65.8 Å². The summed E-state index contributed by atoms with van der Waals surface area (Å²) in [6.07, 6.45) is 4.40. The number of hydrogen-bond acceptors (Lipinski definition) is 7. The molecule has 0 aliphatic heterocycles. The Labute approximate surface area is 247 Å². The van der Waals surface area contributed by atoms with Crippen LogP contribution in [-0.2, 0) is 34.0 Å². The van der Waals surface area contributed by atoms with Gasteiger partial charge < -0.3 is 20.7 Å². The van der Waals surface area contributed by atoms with Crippen LogP contribution in [0, 0.1) is 11.8 Å². The highest BCUT2D eigenvalue weighted by molar-refractivity contribution is 7.98. The van der Waals surface area contributed by atoms with E-state index in [-0.39, 0.29) is 24.3 Å². The van der Waals surface area contributed by atoms with E-state index in [4.69, 9.17) is 14.7 Å². The molecule has 0 radical (unpaired) electrons. The Kier molecular flexibility index (Phi) is 14.1. The van der Waals surface area contributed by atoms with Crippen molar-refractivity contribution in [2.75, 3.05) is 36.6 Å². The molecule has 10 heteroatoms. The first-order chi connectivity index (χ1) is 19.6. The van der Waals surface area contributed by atoms with Crippen LogP contribution in [0.5, 0.6) is 5.75 Å². The van der Waals surface area contributed by atoms with Gasteiger partial charge in [0.05, 0.1) is 25.0 Å². The van der Waals surface area contributed by atoms with E-state index >= 15 is 0 Å². The number of benzene rings is 1. The summed E-state index contributed by atoms with van der Waals surface area (Å²) < 4.78 is 21.3. The Hall–Kier alpha value is -3.11. The van der Waals surface area contributed by atoms with Gasteiger partial charge in [0.15, 0.2) is 5.82 Å². The SMILES string of the molecule is C=S(=O)(CC(C)C)NCc1nc(CC2C=C(C(=O)NCC)CC2)c(NCC)c(NCc2ccc(OC)cc2)n1.CC. The molecule has 2 aromatic rings. The van der Waals surface area contributed by atoms with E-state index < -0.39 is 9.71 Å². The number of allylic oxidation sites excluding steroid dienone is 1. The first-order valence-electron chi connectivity index (χ1n) is 14.7. The minimum absolute atomic E-state index is 0.0108. The number of likely N-dealkylation sites (N-methyl/N-ethyl adjacent to an activating group) is 1. The van der Waals surface area contributed by atoms with Gasteiger partial charge in [0.1, 0.15) is 11.6 Å².